The lowest BCUT2D eigenvalue weighted by molar-refractivity contribution is -0.109. The van der Waals surface area contributed by atoms with Gasteiger partial charge in [-0.25, -0.2) is 0 Å². The predicted octanol–water partition coefficient (Wildman–Crippen LogP) is 1.22. The summed E-state index contributed by atoms with van der Waals surface area (Å²) in [6, 6.07) is 0.463. The Hall–Kier alpha value is -0.610. The van der Waals surface area contributed by atoms with Gasteiger partial charge in [0.1, 0.15) is 0 Å². The molecule has 1 aliphatic carbocycles. The third-order valence-corrected chi connectivity index (χ3v) is 3.31. The summed E-state index contributed by atoms with van der Waals surface area (Å²) in [5.74, 6) is 0. The van der Waals surface area contributed by atoms with Crippen molar-refractivity contribution in [1.29, 1.82) is 0 Å². The van der Waals surface area contributed by atoms with Gasteiger partial charge in [-0.15, -0.1) is 0 Å². The van der Waals surface area contributed by atoms with E-state index < -0.39 is 0 Å². The van der Waals surface area contributed by atoms with Crippen LogP contribution in [0.1, 0.15) is 39.0 Å². The summed E-state index contributed by atoms with van der Waals surface area (Å²) in [6.07, 6.45) is 6.62. The maximum Gasteiger partial charge on any atom is 0.207 e. The molecule has 1 saturated carbocycles. The largest absolute Gasteiger partial charge is 0.359 e. The molecule has 1 amide bonds. The Morgan fingerprint density at radius 3 is 3.07 bits per heavy atom. The van der Waals surface area contributed by atoms with Gasteiger partial charge in [0.15, 0.2) is 0 Å². The van der Waals surface area contributed by atoms with Crippen molar-refractivity contribution < 1.29 is 9.63 Å². The maximum absolute atomic E-state index is 10.2. The zero-order valence-corrected chi connectivity index (χ0v) is 9.71. The number of nitrogens with one attached hydrogen (secondary N) is 2. The summed E-state index contributed by atoms with van der Waals surface area (Å²) in [5.41, 5.74) is 3.38. The number of hydrogen-bond donors (Lipinski definition) is 2. The van der Waals surface area contributed by atoms with E-state index in [-0.39, 0.29) is 0 Å². The van der Waals surface area contributed by atoms with Crippen molar-refractivity contribution in [2.75, 3.05) is 13.7 Å². The molecule has 4 heteroatoms. The predicted molar refractivity (Wildman–Crippen MR) is 59.2 cm³/mol. The Kier molecular flexibility index (Phi) is 5.05. The Labute approximate surface area is 91.7 Å². The van der Waals surface area contributed by atoms with E-state index in [0.29, 0.717) is 11.5 Å². The molecule has 1 rings (SSSR count). The summed E-state index contributed by atoms with van der Waals surface area (Å²) >= 11 is 0. The molecule has 88 valence electrons. The highest BCUT2D eigenvalue weighted by atomic mass is 16.6. The molecule has 2 atom stereocenters. The lowest BCUT2D eigenvalue weighted by Gasteiger charge is -2.38. The molecule has 15 heavy (non-hydrogen) atoms. The lowest BCUT2D eigenvalue weighted by Crippen LogP contribution is -2.39. The molecule has 0 aromatic heterocycles. The SMILES string of the molecule is CONC1CCCC(C)(CCNC=O)C1. The highest BCUT2D eigenvalue weighted by molar-refractivity contribution is 5.45. The summed E-state index contributed by atoms with van der Waals surface area (Å²) in [5, 5.41) is 2.74. The first-order valence-electron chi connectivity index (χ1n) is 5.66. The Bertz CT molecular complexity index is 197. The number of hydroxylamine groups is 1. The van der Waals surface area contributed by atoms with Gasteiger partial charge in [-0.05, 0) is 31.1 Å². The molecule has 1 aliphatic rings. The first kappa shape index (κ1) is 12.5. The van der Waals surface area contributed by atoms with Gasteiger partial charge in [0.2, 0.25) is 6.41 Å². The minimum absolute atomic E-state index is 0.338. The molecule has 0 radical (unpaired) electrons. The van der Waals surface area contributed by atoms with Crippen molar-refractivity contribution in [3.8, 4) is 0 Å². The van der Waals surface area contributed by atoms with Crippen LogP contribution in [0.15, 0.2) is 0 Å². The van der Waals surface area contributed by atoms with Crippen LogP contribution in [-0.4, -0.2) is 26.1 Å². The standard InChI is InChI=1S/C11H22N2O2/c1-11(6-7-12-9-14)5-3-4-10(8-11)13-15-2/h9-10,13H,3-8H2,1-2H3,(H,12,14). The van der Waals surface area contributed by atoms with Gasteiger partial charge in [0, 0.05) is 12.6 Å². The molecule has 0 aliphatic heterocycles. The van der Waals surface area contributed by atoms with Crippen LogP contribution < -0.4 is 10.8 Å². The molecular weight excluding hydrogens is 192 g/mol. The lowest BCUT2D eigenvalue weighted by atomic mass is 9.71. The molecule has 0 aromatic carbocycles. The Morgan fingerprint density at radius 2 is 2.40 bits per heavy atom. The van der Waals surface area contributed by atoms with Crippen LogP contribution in [0.25, 0.3) is 0 Å². The van der Waals surface area contributed by atoms with Crippen molar-refractivity contribution in [2.24, 2.45) is 5.41 Å². The molecule has 0 bridgehead atoms. The zero-order valence-electron chi connectivity index (χ0n) is 9.71. The second kappa shape index (κ2) is 6.08. The molecule has 2 N–H and O–H groups in total. The van der Waals surface area contributed by atoms with Crippen LogP contribution in [0.5, 0.6) is 0 Å². The van der Waals surface area contributed by atoms with Crippen LogP contribution in [0.3, 0.4) is 0 Å². The normalized spacial score (nSPS) is 31.2. The topological polar surface area (TPSA) is 50.4 Å². The third kappa shape index (κ3) is 4.18. The first-order chi connectivity index (χ1) is 7.20. The number of hydrogen-bond acceptors (Lipinski definition) is 3. The zero-order chi connectivity index (χ0) is 11.1. The van der Waals surface area contributed by atoms with E-state index in [1.54, 1.807) is 7.11 Å². The van der Waals surface area contributed by atoms with Gasteiger partial charge in [-0.3, -0.25) is 4.79 Å². The fourth-order valence-corrected chi connectivity index (χ4v) is 2.50. The molecule has 4 nitrogen and oxygen atoms in total. The smallest absolute Gasteiger partial charge is 0.207 e. The van der Waals surface area contributed by atoms with Crippen LogP contribution >= 0.6 is 0 Å². The van der Waals surface area contributed by atoms with Crippen LogP contribution in [0.2, 0.25) is 0 Å². The van der Waals surface area contributed by atoms with E-state index in [1.807, 2.05) is 0 Å². The molecule has 0 saturated heterocycles. The quantitative estimate of drug-likeness (QED) is 0.397. The monoisotopic (exact) mass is 214 g/mol. The average Bonchev–Trinajstić information content (AvgIpc) is 2.18. The minimum atomic E-state index is 0.338. The van der Waals surface area contributed by atoms with E-state index in [2.05, 4.69) is 17.7 Å². The highest BCUT2D eigenvalue weighted by Crippen LogP contribution is 2.38. The first-order valence-corrected chi connectivity index (χ1v) is 5.66. The molecule has 0 aromatic rings. The molecule has 0 heterocycles. The highest BCUT2D eigenvalue weighted by Gasteiger charge is 2.31. The van der Waals surface area contributed by atoms with Crippen LogP contribution in [-0.2, 0) is 9.63 Å². The molecular formula is C11H22N2O2. The fraction of sp³-hybridized carbons (Fsp3) is 0.909. The van der Waals surface area contributed by atoms with Gasteiger partial charge in [0.25, 0.3) is 0 Å². The average molecular weight is 214 g/mol. The Balaban J connectivity index is 2.34. The third-order valence-electron chi connectivity index (χ3n) is 3.31. The van der Waals surface area contributed by atoms with Gasteiger partial charge < -0.3 is 10.2 Å². The summed E-state index contributed by atoms with van der Waals surface area (Å²) < 4.78 is 0. The van der Waals surface area contributed by atoms with Gasteiger partial charge >= 0.3 is 0 Å². The van der Waals surface area contributed by atoms with Gasteiger partial charge in [-0.1, -0.05) is 13.3 Å². The van der Waals surface area contributed by atoms with Crippen molar-refractivity contribution in [3.63, 3.8) is 0 Å². The number of amides is 1. The van der Waals surface area contributed by atoms with E-state index >= 15 is 0 Å². The number of carbonyl (C=O) groups excluding carboxylic acids is 1. The molecule has 2 unspecified atom stereocenters. The summed E-state index contributed by atoms with van der Waals surface area (Å²) in [7, 11) is 1.67. The van der Waals surface area contributed by atoms with E-state index in [9.17, 15) is 4.79 Å². The second-order valence-corrected chi connectivity index (χ2v) is 4.75. The number of carbonyl (C=O) groups is 1. The summed E-state index contributed by atoms with van der Waals surface area (Å²) in [6.45, 7) is 3.07. The van der Waals surface area contributed by atoms with Crippen molar-refractivity contribution in [3.05, 3.63) is 0 Å². The van der Waals surface area contributed by atoms with Crippen molar-refractivity contribution >= 4 is 6.41 Å². The Morgan fingerprint density at radius 1 is 1.60 bits per heavy atom. The van der Waals surface area contributed by atoms with E-state index in [0.717, 1.165) is 25.8 Å². The minimum Gasteiger partial charge on any atom is -0.359 e. The van der Waals surface area contributed by atoms with Gasteiger partial charge in [0.05, 0.1) is 7.11 Å². The van der Waals surface area contributed by atoms with Crippen molar-refractivity contribution in [1.82, 2.24) is 10.8 Å². The summed E-state index contributed by atoms with van der Waals surface area (Å²) in [4.78, 5) is 15.2. The molecule has 0 spiro atoms. The van der Waals surface area contributed by atoms with Crippen LogP contribution in [0.4, 0.5) is 0 Å². The van der Waals surface area contributed by atoms with E-state index in [1.165, 1.54) is 19.3 Å². The molecule has 1 fully saturated rings. The van der Waals surface area contributed by atoms with Crippen molar-refractivity contribution in [2.45, 2.75) is 45.1 Å². The maximum atomic E-state index is 10.2. The fourth-order valence-electron chi connectivity index (χ4n) is 2.50. The van der Waals surface area contributed by atoms with Crippen LogP contribution in [0, 0.1) is 5.41 Å². The van der Waals surface area contributed by atoms with Gasteiger partial charge in [-0.2, -0.15) is 5.48 Å². The second-order valence-electron chi connectivity index (χ2n) is 4.75. The number of rotatable bonds is 6. The van der Waals surface area contributed by atoms with E-state index in [4.69, 9.17) is 4.84 Å².